The van der Waals surface area contributed by atoms with E-state index in [-0.39, 0.29) is 18.9 Å². The van der Waals surface area contributed by atoms with Gasteiger partial charge in [-0.25, -0.2) is 8.91 Å². The largest absolute Gasteiger partial charge is 0.494 e. The summed E-state index contributed by atoms with van der Waals surface area (Å²) >= 11 is 0. The van der Waals surface area contributed by atoms with E-state index in [1.54, 1.807) is 41.0 Å². The molecule has 44 heavy (non-hydrogen) atoms. The molecule has 2 aliphatic rings. The predicted octanol–water partition coefficient (Wildman–Crippen LogP) is 4.05. The molecule has 0 unspecified atom stereocenters. The van der Waals surface area contributed by atoms with Gasteiger partial charge in [-0.15, -0.1) is 0 Å². The van der Waals surface area contributed by atoms with Crippen LogP contribution in [0.5, 0.6) is 11.5 Å². The minimum atomic E-state index is -1.14. The van der Waals surface area contributed by atoms with Crippen molar-refractivity contribution in [2.45, 2.75) is 51.5 Å². The molecule has 1 saturated carbocycles. The Labute approximate surface area is 254 Å². The van der Waals surface area contributed by atoms with Crippen molar-refractivity contribution in [3.8, 4) is 22.9 Å². The molecule has 0 spiro atoms. The van der Waals surface area contributed by atoms with Gasteiger partial charge in [0.1, 0.15) is 35.5 Å². The highest BCUT2D eigenvalue weighted by atomic mass is 19.1. The van der Waals surface area contributed by atoms with Gasteiger partial charge in [0.15, 0.2) is 0 Å². The van der Waals surface area contributed by atoms with Crippen molar-refractivity contribution in [1.29, 1.82) is 0 Å². The highest BCUT2D eigenvalue weighted by Crippen LogP contribution is 2.40. The van der Waals surface area contributed by atoms with Crippen molar-refractivity contribution < 1.29 is 18.7 Å². The van der Waals surface area contributed by atoms with E-state index in [2.05, 4.69) is 21.8 Å². The SMILES string of the molecule is COc1cc(C(=O)N2C[C@H](N)C[C@@H](F)C2)cn2nc(-c3cc4cccc(OCCn5cc(N)cn5)c4n3CC3CC3)c(C)c12. The molecule has 2 atom stereocenters. The van der Waals surface area contributed by atoms with E-state index in [0.29, 0.717) is 42.6 Å². The molecule has 1 aliphatic heterocycles. The van der Waals surface area contributed by atoms with Crippen molar-refractivity contribution >= 4 is 28.0 Å². The van der Waals surface area contributed by atoms with Gasteiger partial charge in [-0.2, -0.15) is 10.2 Å². The molecule has 5 heterocycles. The smallest absolute Gasteiger partial charge is 0.255 e. The summed E-state index contributed by atoms with van der Waals surface area (Å²) in [6.45, 7) is 4.22. The molecule has 5 aromatic rings. The molecule has 1 saturated heterocycles. The minimum absolute atomic E-state index is 0.0257. The standard InChI is InChI=1S/C32H37FN8O3/c1-19-29(37-41-15-22(11-28(43-2)30(19)41)32(42)38-16-23(33)12-24(34)17-38)26-10-21-4-3-5-27(31(21)40(26)14-20-6-7-20)44-9-8-39-18-25(35)13-36-39/h3-5,10-11,13,15,18,20,23-24H,6-9,12,14,16-17,34-35H2,1-2H3/t23-,24-/m1/s1. The average Bonchev–Trinajstić information content (AvgIpc) is 3.47. The van der Waals surface area contributed by atoms with Crippen molar-refractivity contribution in [3.05, 3.63) is 60.0 Å². The normalized spacial score (nSPS) is 18.8. The van der Waals surface area contributed by atoms with Crippen LogP contribution in [0.25, 0.3) is 27.8 Å². The number of anilines is 1. The predicted molar refractivity (Wildman–Crippen MR) is 166 cm³/mol. The molecule has 11 nitrogen and oxygen atoms in total. The average molecular weight is 601 g/mol. The number of nitrogens with two attached hydrogens (primary N) is 2. The molecular weight excluding hydrogens is 563 g/mol. The number of aryl methyl sites for hydroxylation is 1. The number of piperidine rings is 1. The van der Waals surface area contributed by atoms with E-state index in [1.807, 2.05) is 19.1 Å². The number of benzene rings is 1. The zero-order valence-corrected chi connectivity index (χ0v) is 24.9. The highest BCUT2D eigenvalue weighted by molar-refractivity contribution is 5.96. The number of aromatic nitrogens is 5. The van der Waals surface area contributed by atoms with Crippen LogP contribution in [-0.2, 0) is 13.1 Å². The fourth-order valence-electron chi connectivity index (χ4n) is 6.33. The maximum atomic E-state index is 14.3. The number of methoxy groups -OCH3 is 1. The van der Waals surface area contributed by atoms with Gasteiger partial charge in [-0.05, 0) is 50.3 Å². The Morgan fingerprint density at radius 1 is 1.14 bits per heavy atom. The van der Waals surface area contributed by atoms with Gasteiger partial charge in [-0.3, -0.25) is 9.48 Å². The number of hydrogen-bond donors (Lipinski definition) is 2. The van der Waals surface area contributed by atoms with E-state index in [9.17, 15) is 9.18 Å². The maximum Gasteiger partial charge on any atom is 0.255 e. The summed E-state index contributed by atoms with van der Waals surface area (Å²) < 4.78 is 32.1. The van der Waals surface area contributed by atoms with Crippen LogP contribution >= 0.6 is 0 Å². The van der Waals surface area contributed by atoms with Crippen LogP contribution in [0.2, 0.25) is 0 Å². The third-order valence-electron chi connectivity index (χ3n) is 8.61. The number of carbonyl (C=O) groups is 1. The van der Waals surface area contributed by atoms with Crippen molar-refractivity contribution in [2.75, 3.05) is 32.5 Å². The molecule has 4 N–H and O–H groups in total. The molecule has 230 valence electrons. The molecular formula is C32H37FN8O3. The van der Waals surface area contributed by atoms with Crippen LogP contribution in [-0.4, -0.2) is 73.8 Å². The van der Waals surface area contributed by atoms with Gasteiger partial charge in [0.2, 0.25) is 0 Å². The summed E-state index contributed by atoms with van der Waals surface area (Å²) in [5.74, 6) is 1.63. The number of alkyl halides is 1. The highest BCUT2D eigenvalue weighted by Gasteiger charge is 2.31. The van der Waals surface area contributed by atoms with Gasteiger partial charge in [0.05, 0.1) is 48.9 Å². The summed E-state index contributed by atoms with van der Waals surface area (Å²) in [5.41, 5.74) is 17.3. The van der Waals surface area contributed by atoms with Gasteiger partial charge in [-0.1, -0.05) is 12.1 Å². The van der Waals surface area contributed by atoms with E-state index < -0.39 is 12.2 Å². The van der Waals surface area contributed by atoms with Crippen LogP contribution in [0.15, 0.2) is 48.9 Å². The number of ether oxygens (including phenoxy) is 2. The van der Waals surface area contributed by atoms with Crippen molar-refractivity contribution in [2.24, 2.45) is 11.7 Å². The van der Waals surface area contributed by atoms with Crippen LogP contribution in [0.3, 0.4) is 0 Å². The molecule has 4 aromatic heterocycles. The third kappa shape index (κ3) is 5.23. The lowest BCUT2D eigenvalue weighted by Crippen LogP contribution is -2.50. The Balaban J connectivity index is 1.28. The lowest BCUT2D eigenvalue weighted by atomic mass is 10.0. The number of nitrogens with zero attached hydrogens (tertiary/aromatic N) is 6. The second kappa shape index (κ2) is 11.2. The summed E-state index contributed by atoms with van der Waals surface area (Å²) in [6.07, 6.45) is 6.61. The van der Waals surface area contributed by atoms with Gasteiger partial charge >= 0.3 is 0 Å². The first-order valence-corrected chi connectivity index (χ1v) is 15.1. The summed E-state index contributed by atoms with van der Waals surface area (Å²) in [6, 6.07) is 9.57. The van der Waals surface area contributed by atoms with Crippen molar-refractivity contribution in [3.63, 3.8) is 0 Å². The van der Waals surface area contributed by atoms with Gasteiger partial charge in [0, 0.05) is 42.5 Å². The van der Waals surface area contributed by atoms with Gasteiger partial charge < -0.3 is 30.4 Å². The molecule has 2 fully saturated rings. The Hall–Kier alpha value is -4.58. The molecule has 0 bridgehead atoms. The zero-order chi connectivity index (χ0) is 30.5. The molecule has 0 radical (unpaired) electrons. The quantitative estimate of drug-likeness (QED) is 0.261. The molecule has 7 rings (SSSR count). The Morgan fingerprint density at radius 2 is 1.98 bits per heavy atom. The number of carbonyl (C=O) groups excluding carboxylic acids is 1. The lowest BCUT2D eigenvalue weighted by molar-refractivity contribution is 0.0606. The van der Waals surface area contributed by atoms with Crippen LogP contribution in [0.1, 0.15) is 35.2 Å². The van der Waals surface area contributed by atoms with E-state index in [4.69, 9.17) is 26.0 Å². The number of hydrogen-bond acceptors (Lipinski definition) is 7. The lowest BCUT2D eigenvalue weighted by Gasteiger charge is -2.33. The van der Waals surface area contributed by atoms with E-state index in [0.717, 1.165) is 45.7 Å². The number of halogens is 1. The fourth-order valence-corrected chi connectivity index (χ4v) is 6.33. The summed E-state index contributed by atoms with van der Waals surface area (Å²) in [5, 5.41) is 10.3. The molecule has 1 aliphatic carbocycles. The maximum absolute atomic E-state index is 14.3. The van der Waals surface area contributed by atoms with Crippen LogP contribution in [0.4, 0.5) is 10.1 Å². The first-order chi connectivity index (χ1) is 21.3. The number of rotatable bonds is 9. The molecule has 1 aromatic carbocycles. The van der Waals surface area contributed by atoms with Crippen LogP contribution in [0, 0.1) is 12.8 Å². The summed E-state index contributed by atoms with van der Waals surface area (Å²) in [4.78, 5) is 14.9. The summed E-state index contributed by atoms with van der Waals surface area (Å²) in [7, 11) is 1.58. The van der Waals surface area contributed by atoms with Gasteiger partial charge in [0.25, 0.3) is 5.91 Å². The van der Waals surface area contributed by atoms with Crippen molar-refractivity contribution in [1.82, 2.24) is 28.9 Å². The number of pyridine rings is 1. The first kappa shape index (κ1) is 28.2. The molecule has 1 amide bonds. The van der Waals surface area contributed by atoms with E-state index >= 15 is 0 Å². The third-order valence-corrected chi connectivity index (χ3v) is 8.61. The topological polar surface area (TPSA) is 131 Å². The number of likely N-dealkylation sites (tertiary alicyclic amines) is 1. The Bertz CT molecular complexity index is 1850. The first-order valence-electron chi connectivity index (χ1n) is 15.1. The Morgan fingerprint density at radius 3 is 2.70 bits per heavy atom. The van der Waals surface area contributed by atoms with E-state index in [1.165, 1.54) is 17.7 Å². The number of nitrogen functional groups attached to an aromatic ring is 1. The second-order valence-corrected chi connectivity index (χ2v) is 12.0. The zero-order valence-electron chi connectivity index (χ0n) is 24.9. The number of fused-ring (bicyclic) bond motifs is 2. The van der Waals surface area contributed by atoms with Crippen LogP contribution < -0.4 is 20.9 Å². The monoisotopic (exact) mass is 600 g/mol. The Kier molecular flexibility index (Phi) is 7.16. The number of para-hydroxylation sites is 1. The molecule has 12 heteroatoms. The fraction of sp³-hybridized carbons (Fsp3) is 0.406. The number of amides is 1. The minimum Gasteiger partial charge on any atom is -0.494 e. The second-order valence-electron chi connectivity index (χ2n) is 12.0.